The number of unbranched alkanes of at least 4 members (excludes halogenated alkanes) is 21. The minimum absolute atomic E-state index is 0.108. The summed E-state index contributed by atoms with van der Waals surface area (Å²) in [6.45, 7) is 6.34. The molecule has 1 atom stereocenters. The highest BCUT2D eigenvalue weighted by Crippen LogP contribution is 2.15. The average Bonchev–Trinajstić information content (AvgIpc) is 3.41. The molecular formula is C69H112O6. The molecule has 0 aromatic carbocycles. The maximum Gasteiger partial charge on any atom is 0.306 e. The van der Waals surface area contributed by atoms with Crippen molar-refractivity contribution in [3.05, 3.63) is 134 Å². The van der Waals surface area contributed by atoms with E-state index in [1.807, 2.05) is 0 Å². The molecule has 0 N–H and O–H groups in total. The lowest BCUT2D eigenvalue weighted by molar-refractivity contribution is -0.167. The quantitative estimate of drug-likeness (QED) is 0.0261. The van der Waals surface area contributed by atoms with Gasteiger partial charge in [0, 0.05) is 19.3 Å². The highest BCUT2D eigenvalue weighted by atomic mass is 16.6. The first-order valence-corrected chi connectivity index (χ1v) is 30.7. The number of hydrogen-bond donors (Lipinski definition) is 0. The SMILES string of the molecule is CC/C=C\C/C=C\C/C=C\C/C=C\C/C=C\CCCCCCCCCCCCCC(=O)OCC(COC(=O)CCCCCCC/C=C\CCCCCC)OC(=O)CCC/C=C\C/C=C\C/C=C\C/C=C\C/C=C\CC. The predicted octanol–water partition coefficient (Wildman–Crippen LogP) is 21.0. The number of rotatable bonds is 54. The molecule has 6 nitrogen and oxygen atoms in total. The number of allylic oxidation sites excluding steroid dienone is 22. The van der Waals surface area contributed by atoms with Crippen molar-refractivity contribution in [2.45, 2.75) is 271 Å². The molecule has 0 saturated carbocycles. The molecule has 424 valence electrons. The molecule has 0 fully saturated rings. The molecule has 0 radical (unpaired) electrons. The zero-order chi connectivity index (χ0) is 54.3. The molecule has 1 unspecified atom stereocenters. The van der Waals surface area contributed by atoms with Crippen molar-refractivity contribution in [3.63, 3.8) is 0 Å². The second-order valence-corrected chi connectivity index (χ2v) is 19.8. The summed E-state index contributed by atoms with van der Waals surface area (Å²) in [5.74, 6) is -0.979. The van der Waals surface area contributed by atoms with E-state index in [2.05, 4.69) is 154 Å². The van der Waals surface area contributed by atoms with Crippen LogP contribution in [0.25, 0.3) is 0 Å². The van der Waals surface area contributed by atoms with E-state index in [1.165, 1.54) is 96.3 Å². The Morgan fingerprint density at radius 3 is 0.867 bits per heavy atom. The van der Waals surface area contributed by atoms with Crippen LogP contribution in [-0.2, 0) is 28.6 Å². The lowest BCUT2D eigenvalue weighted by atomic mass is 10.0. The van der Waals surface area contributed by atoms with Crippen LogP contribution in [0.1, 0.15) is 265 Å². The van der Waals surface area contributed by atoms with Crippen LogP contribution in [0.5, 0.6) is 0 Å². The Kier molecular flexibility index (Phi) is 58.4. The molecule has 0 aromatic rings. The van der Waals surface area contributed by atoms with Gasteiger partial charge in [0.2, 0.25) is 0 Å². The van der Waals surface area contributed by atoms with E-state index in [-0.39, 0.29) is 37.5 Å². The Labute approximate surface area is 462 Å². The van der Waals surface area contributed by atoms with E-state index in [1.54, 1.807) is 0 Å². The fraction of sp³-hybridized carbons (Fsp3) is 0.638. The number of esters is 3. The zero-order valence-electron chi connectivity index (χ0n) is 48.5. The molecule has 75 heavy (non-hydrogen) atoms. The highest BCUT2D eigenvalue weighted by molar-refractivity contribution is 5.71. The van der Waals surface area contributed by atoms with Gasteiger partial charge < -0.3 is 14.2 Å². The fourth-order valence-corrected chi connectivity index (χ4v) is 8.09. The van der Waals surface area contributed by atoms with Gasteiger partial charge in [0.15, 0.2) is 6.10 Å². The number of ether oxygens (including phenoxy) is 3. The predicted molar refractivity (Wildman–Crippen MR) is 325 cm³/mol. The molecule has 0 aromatic heterocycles. The molecule has 6 heteroatoms. The lowest BCUT2D eigenvalue weighted by Gasteiger charge is -2.18. The minimum atomic E-state index is -0.817. The molecule has 0 rings (SSSR count). The summed E-state index contributed by atoms with van der Waals surface area (Å²) < 4.78 is 16.8. The Morgan fingerprint density at radius 1 is 0.280 bits per heavy atom. The van der Waals surface area contributed by atoms with Crippen LogP contribution in [-0.4, -0.2) is 37.2 Å². The first kappa shape index (κ1) is 70.5. The first-order valence-electron chi connectivity index (χ1n) is 30.7. The first-order chi connectivity index (χ1) is 37.0. The Balaban J connectivity index is 4.38. The third-order valence-electron chi connectivity index (χ3n) is 12.6. The summed E-state index contributed by atoms with van der Waals surface area (Å²) in [5, 5.41) is 0. The summed E-state index contributed by atoms with van der Waals surface area (Å²) in [4.78, 5) is 38.2. The standard InChI is InChI=1S/C69H112O6/c1-4-7-10-13-16-19-22-25-27-29-30-31-32-33-34-35-36-37-38-40-41-44-47-50-53-56-59-62-68(71)74-65-66(64-73-67(70)61-58-55-52-49-46-43-24-21-18-15-12-9-6-3)75-69(72)63-60-57-54-51-48-45-42-39-28-26-23-20-17-14-11-8-5-2/h7-8,10-11,16-17,19-21,24-28,30-31,33-34,42,45,51,54,66H,4-6,9,12-15,18,22-23,29,32,35-41,43-44,46-50,52-53,55-65H2,1-3H3/b10-7-,11-8-,19-16-,20-17-,24-21-,27-25-,28-26-,31-30-,34-33-,45-42-,54-51-. The zero-order valence-corrected chi connectivity index (χ0v) is 48.5. The Hall–Kier alpha value is -4.45. The molecule has 0 spiro atoms. The van der Waals surface area contributed by atoms with Gasteiger partial charge in [-0.25, -0.2) is 0 Å². The topological polar surface area (TPSA) is 78.9 Å². The Bertz CT molecular complexity index is 1620. The van der Waals surface area contributed by atoms with Gasteiger partial charge in [0.25, 0.3) is 0 Å². The highest BCUT2D eigenvalue weighted by Gasteiger charge is 2.19. The lowest BCUT2D eigenvalue weighted by Crippen LogP contribution is -2.30. The summed E-state index contributed by atoms with van der Waals surface area (Å²) in [7, 11) is 0. The van der Waals surface area contributed by atoms with Gasteiger partial charge in [-0.15, -0.1) is 0 Å². The van der Waals surface area contributed by atoms with Gasteiger partial charge in [-0.1, -0.05) is 251 Å². The van der Waals surface area contributed by atoms with E-state index in [0.29, 0.717) is 19.3 Å². The van der Waals surface area contributed by atoms with E-state index in [4.69, 9.17) is 14.2 Å². The largest absolute Gasteiger partial charge is 0.462 e. The summed E-state index contributed by atoms with van der Waals surface area (Å²) >= 11 is 0. The van der Waals surface area contributed by atoms with Crippen LogP contribution in [0.15, 0.2) is 134 Å². The van der Waals surface area contributed by atoms with Crippen molar-refractivity contribution < 1.29 is 28.6 Å². The van der Waals surface area contributed by atoms with Crippen LogP contribution >= 0.6 is 0 Å². The Morgan fingerprint density at radius 2 is 0.533 bits per heavy atom. The van der Waals surface area contributed by atoms with Crippen molar-refractivity contribution in [3.8, 4) is 0 Å². The van der Waals surface area contributed by atoms with Crippen LogP contribution in [0.2, 0.25) is 0 Å². The number of carbonyl (C=O) groups is 3. The second-order valence-electron chi connectivity index (χ2n) is 19.8. The van der Waals surface area contributed by atoms with Crippen LogP contribution in [0.3, 0.4) is 0 Å². The van der Waals surface area contributed by atoms with Crippen molar-refractivity contribution in [2.75, 3.05) is 13.2 Å². The minimum Gasteiger partial charge on any atom is -0.462 e. The normalized spacial score (nSPS) is 13.1. The second kappa shape index (κ2) is 62.1. The molecular weight excluding hydrogens is 925 g/mol. The molecule has 0 heterocycles. The molecule has 0 saturated heterocycles. The van der Waals surface area contributed by atoms with Crippen molar-refractivity contribution in [1.82, 2.24) is 0 Å². The summed E-state index contributed by atoms with van der Waals surface area (Å²) in [6, 6.07) is 0. The fourth-order valence-electron chi connectivity index (χ4n) is 8.09. The van der Waals surface area contributed by atoms with Gasteiger partial charge in [0.1, 0.15) is 13.2 Å². The number of carbonyl (C=O) groups excluding carboxylic acids is 3. The maximum atomic E-state index is 12.9. The molecule has 0 aliphatic carbocycles. The van der Waals surface area contributed by atoms with Crippen LogP contribution in [0.4, 0.5) is 0 Å². The van der Waals surface area contributed by atoms with Gasteiger partial charge in [0.05, 0.1) is 0 Å². The van der Waals surface area contributed by atoms with Crippen LogP contribution < -0.4 is 0 Å². The van der Waals surface area contributed by atoms with Gasteiger partial charge in [-0.05, 0) is 128 Å². The monoisotopic (exact) mass is 1040 g/mol. The van der Waals surface area contributed by atoms with Crippen molar-refractivity contribution >= 4 is 17.9 Å². The van der Waals surface area contributed by atoms with E-state index in [0.717, 1.165) is 122 Å². The molecule has 0 aliphatic rings. The van der Waals surface area contributed by atoms with Gasteiger partial charge in [-0.2, -0.15) is 0 Å². The number of hydrogen-bond acceptors (Lipinski definition) is 6. The van der Waals surface area contributed by atoms with Crippen molar-refractivity contribution in [2.24, 2.45) is 0 Å². The maximum absolute atomic E-state index is 12.9. The molecule has 0 bridgehead atoms. The van der Waals surface area contributed by atoms with Crippen molar-refractivity contribution in [1.29, 1.82) is 0 Å². The van der Waals surface area contributed by atoms with E-state index < -0.39 is 6.10 Å². The summed E-state index contributed by atoms with van der Waals surface area (Å²) in [5.41, 5.74) is 0. The van der Waals surface area contributed by atoms with E-state index in [9.17, 15) is 14.4 Å². The van der Waals surface area contributed by atoms with Crippen LogP contribution in [0, 0.1) is 0 Å². The summed E-state index contributed by atoms with van der Waals surface area (Å²) in [6.07, 6.45) is 87.4. The molecule has 0 aliphatic heterocycles. The smallest absolute Gasteiger partial charge is 0.306 e. The average molecular weight is 1040 g/mol. The van der Waals surface area contributed by atoms with E-state index >= 15 is 0 Å². The molecule has 0 amide bonds. The van der Waals surface area contributed by atoms with Gasteiger partial charge >= 0.3 is 17.9 Å². The third kappa shape index (κ3) is 60.3. The van der Waals surface area contributed by atoms with Gasteiger partial charge in [-0.3, -0.25) is 14.4 Å². The third-order valence-corrected chi connectivity index (χ3v) is 12.6.